The van der Waals surface area contributed by atoms with Gasteiger partial charge in [-0.15, -0.1) is 0 Å². The molecule has 2 N–H and O–H groups in total. The molecule has 1 aromatic carbocycles. The van der Waals surface area contributed by atoms with Gasteiger partial charge in [-0.3, -0.25) is 14.5 Å². The van der Waals surface area contributed by atoms with E-state index in [-0.39, 0.29) is 11.8 Å². The van der Waals surface area contributed by atoms with Crippen LogP contribution in [0.5, 0.6) is 5.75 Å². The van der Waals surface area contributed by atoms with Crippen LogP contribution in [0, 0.1) is 0 Å². The SMILES string of the molecule is CCOc1ccc(N2C(=O)CCCC2=O)cc1CN. The normalized spacial score (nSPS) is 15.8. The first-order valence-electron chi connectivity index (χ1n) is 6.49. The van der Waals surface area contributed by atoms with Crippen LogP contribution in [0.15, 0.2) is 18.2 Å². The third-order valence-corrected chi connectivity index (χ3v) is 3.10. The number of amides is 2. The van der Waals surface area contributed by atoms with Crippen molar-refractivity contribution in [2.24, 2.45) is 5.73 Å². The maximum atomic E-state index is 11.9. The van der Waals surface area contributed by atoms with Gasteiger partial charge in [-0.05, 0) is 31.5 Å². The molecule has 1 saturated heterocycles. The number of ether oxygens (including phenoxy) is 1. The molecule has 0 aromatic heterocycles. The lowest BCUT2D eigenvalue weighted by atomic mass is 10.1. The Bertz CT molecular complexity index is 483. The summed E-state index contributed by atoms with van der Waals surface area (Å²) in [6.07, 6.45) is 1.46. The van der Waals surface area contributed by atoms with E-state index in [0.29, 0.717) is 43.9 Å². The molecule has 5 heteroatoms. The van der Waals surface area contributed by atoms with Crippen molar-refractivity contribution in [2.45, 2.75) is 32.7 Å². The minimum absolute atomic E-state index is 0.150. The number of piperidine rings is 1. The zero-order chi connectivity index (χ0) is 13.8. The molecule has 1 aliphatic rings. The van der Waals surface area contributed by atoms with Gasteiger partial charge >= 0.3 is 0 Å². The summed E-state index contributed by atoms with van der Waals surface area (Å²) in [5.74, 6) is 0.400. The number of rotatable bonds is 4. The number of nitrogens with two attached hydrogens (primary N) is 1. The average molecular weight is 262 g/mol. The first kappa shape index (κ1) is 13.5. The van der Waals surface area contributed by atoms with Gasteiger partial charge in [-0.1, -0.05) is 0 Å². The molecule has 0 atom stereocenters. The van der Waals surface area contributed by atoms with Gasteiger partial charge in [0.1, 0.15) is 5.75 Å². The molecule has 2 rings (SSSR count). The van der Waals surface area contributed by atoms with Gasteiger partial charge in [0, 0.05) is 24.9 Å². The van der Waals surface area contributed by atoms with Gasteiger partial charge < -0.3 is 10.5 Å². The maximum absolute atomic E-state index is 11.9. The second kappa shape index (κ2) is 5.84. The molecule has 2 amide bonds. The lowest BCUT2D eigenvalue weighted by molar-refractivity contribution is -0.129. The van der Waals surface area contributed by atoms with E-state index in [9.17, 15) is 9.59 Å². The van der Waals surface area contributed by atoms with Crippen molar-refractivity contribution in [1.29, 1.82) is 0 Å². The highest BCUT2D eigenvalue weighted by Crippen LogP contribution is 2.28. The predicted molar refractivity (Wildman–Crippen MR) is 71.8 cm³/mol. The van der Waals surface area contributed by atoms with E-state index in [1.165, 1.54) is 4.90 Å². The number of hydrogen-bond acceptors (Lipinski definition) is 4. The van der Waals surface area contributed by atoms with E-state index in [1.54, 1.807) is 18.2 Å². The fourth-order valence-corrected chi connectivity index (χ4v) is 2.20. The van der Waals surface area contributed by atoms with E-state index in [4.69, 9.17) is 10.5 Å². The Hall–Kier alpha value is -1.88. The number of nitrogens with zero attached hydrogens (tertiary/aromatic N) is 1. The molecule has 1 aliphatic heterocycles. The Kier molecular flexibility index (Phi) is 4.16. The molecule has 0 bridgehead atoms. The highest BCUT2D eigenvalue weighted by atomic mass is 16.5. The van der Waals surface area contributed by atoms with Gasteiger partial charge in [0.2, 0.25) is 11.8 Å². The molecule has 0 spiro atoms. The summed E-state index contributed by atoms with van der Waals surface area (Å²) in [6, 6.07) is 5.24. The summed E-state index contributed by atoms with van der Waals surface area (Å²) in [4.78, 5) is 25.0. The topological polar surface area (TPSA) is 72.6 Å². The van der Waals surface area contributed by atoms with Crippen molar-refractivity contribution in [2.75, 3.05) is 11.5 Å². The molecule has 0 unspecified atom stereocenters. The smallest absolute Gasteiger partial charge is 0.233 e. The minimum Gasteiger partial charge on any atom is -0.494 e. The quantitative estimate of drug-likeness (QED) is 0.836. The Balaban J connectivity index is 2.34. The molecular weight excluding hydrogens is 244 g/mol. The number of anilines is 1. The van der Waals surface area contributed by atoms with Crippen molar-refractivity contribution in [3.63, 3.8) is 0 Å². The Morgan fingerprint density at radius 3 is 2.53 bits per heavy atom. The van der Waals surface area contributed by atoms with Crippen molar-refractivity contribution >= 4 is 17.5 Å². The highest BCUT2D eigenvalue weighted by molar-refractivity contribution is 6.16. The predicted octanol–water partition coefficient (Wildman–Crippen LogP) is 1.59. The number of carbonyl (C=O) groups excluding carboxylic acids is 2. The van der Waals surface area contributed by atoms with Crippen LogP contribution in [0.2, 0.25) is 0 Å². The van der Waals surface area contributed by atoms with E-state index in [2.05, 4.69) is 0 Å². The van der Waals surface area contributed by atoms with Crippen molar-refractivity contribution in [3.05, 3.63) is 23.8 Å². The summed E-state index contributed by atoms with van der Waals surface area (Å²) in [5.41, 5.74) is 7.06. The first-order valence-corrected chi connectivity index (χ1v) is 6.49. The average Bonchev–Trinajstić information content (AvgIpc) is 2.40. The molecule has 0 saturated carbocycles. The zero-order valence-corrected chi connectivity index (χ0v) is 11.0. The fraction of sp³-hybridized carbons (Fsp3) is 0.429. The summed E-state index contributed by atoms with van der Waals surface area (Å²) >= 11 is 0. The number of imide groups is 1. The number of carbonyl (C=O) groups is 2. The van der Waals surface area contributed by atoms with Crippen LogP contribution in [0.3, 0.4) is 0 Å². The first-order chi connectivity index (χ1) is 9.17. The Morgan fingerprint density at radius 1 is 1.26 bits per heavy atom. The molecule has 1 fully saturated rings. The molecule has 1 aromatic rings. The van der Waals surface area contributed by atoms with E-state index < -0.39 is 0 Å². The van der Waals surface area contributed by atoms with Gasteiger partial charge in [0.25, 0.3) is 0 Å². The minimum atomic E-state index is -0.150. The molecule has 0 radical (unpaired) electrons. The second-order valence-electron chi connectivity index (χ2n) is 4.41. The summed E-state index contributed by atoms with van der Waals surface area (Å²) in [7, 11) is 0. The molecule has 1 heterocycles. The fourth-order valence-electron chi connectivity index (χ4n) is 2.20. The van der Waals surface area contributed by atoms with Crippen LogP contribution in [0.1, 0.15) is 31.7 Å². The highest BCUT2D eigenvalue weighted by Gasteiger charge is 2.27. The Labute approximate surface area is 112 Å². The van der Waals surface area contributed by atoms with Crippen molar-refractivity contribution in [3.8, 4) is 5.75 Å². The van der Waals surface area contributed by atoms with Gasteiger partial charge in [-0.25, -0.2) is 0 Å². The van der Waals surface area contributed by atoms with Gasteiger partial charge in [-0.2, -0.15) is 0 Å². The molecule has 5 nitrogen and oxygen atoms in total. The number of benzene rings is 1. The standard InChI is InChI=1S/C14H18N2O3/c1-2-19-12-7-6-11(8-10(12)9-15)16-13(17)4-3-5-14(16)18/h6-8H,2-5,9,15H2,1H3. The van der Waals surface area contributed by atoms with Crippen LogP contribution in [-0.4, -0.2) is 18.4 Å². The molecule has 102 valence electrons. The second-order valence-corrected chi connectivity index (χ2v) is 4.41. The summed E-state index contributed by atoms with van der Waals surface area (Å²) < 4.78 is 5.46. The third kappa shape index (κ3) is 2.76. The summed E-state index contributed by atoms with van der Waals surface area (Å²) in [5, 5.41) is 0. The summed E-state index contributed by atoms with van der Waals surface area (Å²) in [6.45, 7) is 2.75. The zero-order valence-electron chi connectivity index (χ0n) is 11.0. The van der Waals surface area contributed by atoms with Crippen LogP contribution in [0.25, 0.3) is 0 Å². The lowest BCUT2D eigenvalue weighted by Crippen LogP contribution is -2.40. The lowest BCUT2D eigenvalue weighted by Gasteiger charge is -2.25. The molecule has 0 aliphatic carbocycles. The van der Waals surface area contributed by atoms with E-state index in [1.807, 2.05) is 6.92 Å². The molecule has 19 heavy (non-hydrogen) atoms. The van der Waals surface area contributed by atoms with Crippen LogP contribution >= 0.6 is 0 Å². The van der Waals surface area contributed by atoms with Crippen LogP contribution < -0.4 is 15.4 Å². The molecular formula is C14H18N2O3. The van der Waals surface area contributed by atoms with E-state index in [0.717, 1.165) is 5.56 Å². The van der Waals surface area contributed by atoms with Crippen LogP contribution in [0.4, 0.5) is 5.69 Å². The van der Waals surface area contributed by atoms with Gasteiger partial charge in [0.15, 0.2) is 0 Å². The van der Waals surface area contributed by atoms with Crippen molar-refractivity contribution in [1.82, 2.24) is 0 Å². The monoisotopic (exact) mass is 262 g/mol. The number of hydrogen-bond donors (Lipinski definition) is 1. The van der Waals surface area contributed by atoms with Crippen LogP contribution in [-0.2, 0) is 16.1 Å². The largest absolute Gasteiger partial charge is 0.494 e. The maximum Gasteiger partial charge on any atom is 0.233 e. The van der Waals surface area contributed by atoms with E-state index >= 15 is 0 Å². The van der Waals surface area contributed by atoms with Crippen molar-refractivity contribution < 1.29 is 14.3 Å². The van der Waals surface area contributed by atoms with Gasteiger partial charge in [0.05, 0.1) is 12.3 Å². The third-order valence-electron chi connectivity index (χ3n) is 3.10. The Morgan fingerprint density at radius 2 is 1.95 bits per heavy atom.